The molecule has 12 amide bonds. The van der Waals surface area contributed by atoms with Gasteiger partial charge in [-0.3, -0.25) is 57.5 Å². The summed E-state index contributed by atoms with van der Waals surface area (Å²) < 4.78 is 6.09. The number of piperidine rings is 1. The predicted octanol–water partition coefficient (Wildman–Crippen LogP) is 3.40. The molecule has 576 valence electrons. The number of ether oxygens (including phenoxy) is 1. The lowest BCUT2D eigenvalue weighted by atomic mass is 9.97. The van der Waals surface area contributed by atoms with Crippen LogP contribution in [0.5, 0.6) is 0 Å². The van der Waals surface area contributed by atoms with Crippen LogP contribution in [0.1, 0.15) is 158 Å². The fourth-order valence-electron chi connectivity index (χ4n) is 12.8. The number of aliphatic hydroxyl groups excluding tert-OH is 1. The van der Waals surface area contributed by atoms with E-state index in [1.54, 1.807) is 49.1 Å². The molecule has 2 heterocycles. The summed E-state index contributed by atoms with van der Waals surface area (Å²) in [5, 5.41) is 33.2. The van der Waals surface area contributed by atoms with Gasteiger partial charge < -0.3 is 75.4 Å². The molecule has 0 unspecified atom stereocenters. The molecule has 103 heavy (non-hydrogen) atoms. The first-order valence-corrected chi connectivity index (χ1v) is 36.6. The lowest BCUT2D eigenvalue weighted by molar-refractivity contribution is -0.152. The summed E-state index contributed by atoms with van der Waals surface area (Å²) in [6, 6.07) is 4.17. The number of likely N-dealkylation sites (tertiary alicyclic amines) is 1. The molecule has 6 N–H and O–H groups in total. The lowest BCUT2D eigenvalue weighted by Crippen LogP contribution is -2.62. The summed E-state index contributed by atoms with van der Waals surface area (Å²) in [5.74, 6) is -9.86. The van der Waals surface area contributed by atoms with Crippen molar-refractivity contribution in [3.63, 3.8) is 0 Å². The zero-order chi connectivity index (χ0) is 77.5. The Bertz CT molecular complexity index is 3160. The second-order valence-electron chi connectivity index (χ2n) is 30.6. The Morgan fingerprint density at radius 3 is 1.50 bits per heavy atom. The molecule has 2 aromatic rings. The van der Waals surface area contributed by atoms with Gasteiger partial charge in [0.2, 0.25) is 70.9 Å². The Labute approximate surface area is 611 Å². The van der Waals surface area contributed by atoms with Crippen molar-refractivity contribution in [2.45, 2.75) is 232 Å². The van der Waals surface area contributed by atoms with Crippen LogP contribution in [0, 0.1) is 23.7 Å². The Morgan fingerprint density at radius 2 is 0.971 bits per heavy atom. The van der Waals surface area contributed by atoms with Crippen LogP contribution in [0.15, 0.2) is 60.7 Å². The molecule has 4 rings (SSSR count). The van der Waals surface area contributed by atoms with Crippen LogP contribution in [0.2, 0.25) is 0 Å². The van der Waals surface area contributed by atoms with Crippen molar-refractivity contribution in [1.82, 2.24) is 60.5 Å². The van der Waals surface area contributed by atoms with Gasteiger partial charge in [-0.25, -0.2) is 0 Å². The minimum Gasteiger partial charge on any atom is -0.391 e. The van der Waals surface area contributed by atoms with Crippen molar-refractivity contribution in [1.29, 1.82) is 0 Å². The van der Waals surface area contributed by atoms with E-state index in [-0.39, 0.29) is 81.6 Å². The summed E-state index contributed by atoms with van der Waals surface area (Å²) in [6.07, 6.45) is 0.519. The third-order valence-electron chi connectivity index (χ3n) is 19.4. The van der Waals surface area contributed by atoms with Crippen LogP contribution in [-0.4, -0.2) is 275 Å². The number of aliphatic hydroxyl groups is 2. The summed E-state index contributed by atoms with van der Waals surface area (Å²) in [6.45, 7) is 20.1. The number of nitrogens with zero attached hydrogens (tertiary/aromatic N) is 8. The Morgan fingerprint density at radius 1 is 0.515 bits per heavy atom. The van der Waals surface area contributed by atoms with E-state index in [4.69, 9.17) is 4.74 Å². The summed E-state index contributed by atoms with van der Waals surface area (Å²) in [7, 11) is 9.66. The van der Waals surface area contributed by atoms with Gasteiger partial charge in [0.15, 0.2) is 0 Å². The second-order valence-corrected chi connectivity index (χ2v) is 30.6. The van der Waals surface area contributed by atoms with Crippen molar-refractivity contribution >= 4 is 70.9 Å². The second kappa shape index (κ2) is 40.9. The average molecular weight is 1440 g/mol. The molecule has 0 saturated carbocycles. The number of benzene rings is 2. The third-order valence-corrected chi connectivity index (χ3v) is 19.4. The number of rotatable bonds is 20. The highest BCUT2D eigenvalue weighted by molar-refractivity contribution is 6.00. The molecular formula is C76H122N12O15. The maximum atomic E-state index is 15.6. The van der Waals surface area contributed by atoms with Crippen molar-refractivity contribution in [3.05, 3.63) is 71.8 Å². The zero-order valence-corrected chi connectivity index (χ0v) is 64.7. The number of amides is 12. The monoisotopic (exact) mass is 1440 g/mol. The molecule has 0 bridgehead atoms. The number of hydrogen-bond donors (Lipinski definition) is 6. The van der Waals surface area contributed by atoms with E-state index in [1.165, 1.54) is 82.8 Å². The van der Waals surface area contributed by atoms with Gasteiger partial charge in [-0.15, -0.1) is 0 Å². The highest BCUT2D eigenvalue weighted by Crippen LogP contribution is 2.24. The first-order chi connectivity index (χ1) is 48.2. The maximum Gasteiger partial charge on any atom is 0.248 e. The van der Waals surface area contributed by atoms with Gasteiger partial charge in [-0.05, 0) is 127 Å². The van der Waals surface area contributed by atoms with E-state index in [0.29, 0.717) is 31.5 Å². The van der Waals surface area contributed by atoms with Crippen LogP contribution in [0.4, 0.5) is 0 Å². The number of likely N-dealkylation sites (N-methyl/N-ethyl adjacent to an activating group) is 7. The third kappa shape index (κ3) is 26.6. The summed E-state index contributed by atoms with van der Waals surface area (Å²) in [4.78, 5) is 190. The molecule has 27 heteroatoms. The molecule has 0 radical (unpaired) electrons. The number of carbonyl (C=O) groups excluding carboxylic acids is 12. The normalized spacial score (nSPS) is 24.8. The van der Waals surface area contributed by atoms with Crippen molar-refractivity contribution in [3.8, 4) is 0 Å². The lowest BCUT2D eigenvalue weighted by Gasteiger charge is -2.38. The Balaban J connectivity index is 2.00. The highest BCUT2D eigenvalue weighted by atomic mass is 16.5. The van der Waals surface area contributed by atoms with Crippen LogP contribution < -0.4 is 21.3 Å². The highest BCUT2D eigenvalue weighted by Gasteiger charge is 2.44. The first-order valence-electron chi connectivity index (χ1n) is 36.6. The molecule has 2 aromatic carbocycles. The Hall–Kier alpha value is -8.04. The number of carbonyl (C=O) groups is 12. The fraction of sp³-hybridized carbons (Fsp3) is 0.684. The molecule has 27 nitrogen and oxygen atoms in total. The molecular weight excluding hydrogens is 1320 g/mol. The minimum atomic E-state index is -1.69. The van der Waals surface area contributed by atoms with E-state index < -0.39 is 163 Å². The van der Waals surface area contributed by atoms with Crippen LogP contribution in [0.25, 0.3) is 0 Å². The van der Waals surface area contributed by atoms with Crippen LogP contribution in [0.3, 0.4) is 0 Å². The largest absolute Gasteiger partial charge is 0.391 e. The molecule has 2 aliphatic heterocycles. The predicted molar refractivity (Wildman–Crippen MR) is 392 cm³/mol. The van der Waals surface area contributed by atoms with Gasteiger partial charge in [-0.1, -0.05) is 116 Å². The van der Waals surface area contributed by atoms with Crippen LogP contribution in [-0.2, 0) is 75.1 Å². The molecule has 0 aliphatic carbocycles. The topological polar surface area (TPSA) is 329 Å². The molecule has 11 atom stereocenters. The average Bonchev–Trinajstić information content (AvgIpc) is 0.820. The number of aryl methyl sites for hydroxylation is 1. The van der Waals surface area contributed by atoms with Gasteiger partial charge in [-0.2, -0.15) is 0 Å². The van der Waals surface area contributed by atoms with Crippen molar-refractivity contribution in [2.24, 2.45) is 23.7 Å². The maximum absolute atomic E-state index is 15.6. The van der Waals surface area contributed by atoms with Crippen molar-refractivity contribution < 1.29 is 72.5 Å². The first kappa shape index (κ1) is 87.4. The molecule has 2 aliphatic rings. The number of nitrogens with one attached hydrogen (secondary N) is 4. The molecule has 2 fully saturated rings. The van der Waals surface area contributed by atoms with Gasteiger partial charge >= 0.3 is 0 Å². The zero-order valence-electron chi connectivity index (χ0n) is 64.7. The van der Waals surface area contributed by atoms with Crippen LogP contribution >= 0.6 is 0 Å². The van der Waals surface area contributed by atoms with E-state index in [1.807, 2.05) is 85.7 Å². The van der Waals surface area contributed by atoms with Crippen molar-refractivity contribution in [2.75, 3.05) is 82.2 Å². The minimum absolute atomic E-state index is 0.0144. The summed E-state index contributed by atoms with van der Waals surface area (Å²) >= 11 is 0. The van der Waals surface area contributed by atoms with Gasteiger partial charge in [0.05, 0.1) is 31.3 Å². The quantitative estimate of drug-likeness (QED) is 0.104. The van der Waals surface area contributed by atoms with Gasteiger partial charge in [0.1, 0.15) is 60.4 Å². The molecule has 0 spiro atoms. The van der Waals surface area contributed by atoms with E-state index in [9.17, 15) is 43.8 Å². The molecule has 0 aromatic heterocycles. The van der Waals surface area contributed by atoms with Gasteiger partial charge in [0.25, 0.3) is 0 Å². The smallest absolute Gasteiger partial charge is 0.248 e. The van der Waals surface area contributed by atoms with E-state index in [0.717, 1.165) is 26.7 Å². The summed E-state index contributed by atoms with van der Waals surface area (Å²) in [5.41, 5.74) is 0.230. The van der Waals surface area contributed by atoms with E-state index in [2.05, 4.69) is 21.3 Å². The number of hydrogen-bond acceptors (Lipinski definition) is 15. The van der Waals surface area contributed by atoms with Gasteiger partial charge in [0, 0.05) is 75.5 Å². The standard InChI is InChI=1S/C76H122N12O15/c1-47(2)39-55-70(96)87(19)62(42-50(7)8)74(100)86(18)61(43-54-31-25-21-26-32-54)68(94)79-57(46-103-38-35-76(11,12)102)71(97)84(16)58(34-33-53-29-23-20-24-30-53)73(99)85(17)60(41-49(5)6)69(95)80-65(52(10)89)75(101)81(13)45-64(91)83(15)59(40-48(3)4)67(93)78-56(72(98)88-36-27-22-28-37-88)44-63(90)82(14)51(9)66(92)77-55/h20-21,23-26,29-32,47-52,55-62,65,89,102H,22,27-28,33-46H2,1-19H3,(H,77,92)(H,78,93)(H,79,94)(H,80,95)/t51-,52+,55-,56-,57-,58-,59-,60-,61-,62-,65-/m0/s1. The fourth-order valence-corrected chi connectivity index (χ4v) is 12.8. The van der Waals surface area contributed by atoms with E-state index >= 15 is 24.0 Å². The SMILES string of the molecule is CC(C)C[C@@H]1NC(=O)[C@H](C)N(C)C(=O)C[C@@H](C(=O)N2CCCCC2)NC(=O)[C@H](CC(C)C)N(C)C(=O)CN(C)C(=O)[C@H]([C@@H](C)O)NC(=O)[C@H](CC(C)C)N(C)C(=O)[C@H](CCc2ccccc2)N(C)C(=O)[C@H](COCCC(C)(C)O)NC(=O)[C@H](Cc2ccccc2)N(C)C(=O)[C@H](CC(C)C)N(C)C1=O. The Kier molecular flexibility index (Phi) is 34.7. The molecule has 2 saturated heterocycles.